The Morgan fingerprint density at radius 3 is 2.80 bits per heavy atom. The first kappa shape index (κ1) is 9.19. The van der Waals surface area contributed by atoms with Crippen molar-refractivity contribution in [3.63, 3.8) is 0 Å². The summed E-state index contributed by atoms with van der Waals surface area (Å²) in [5, 5.41) is 3.42. The molecular weight excluding hydrogens is 190 g/mol. The Morgan fingerprint density at radius 1 is 1.13 bits per heavy atom. The molecule has 0 atom stereocenters. The highest BCUT2D eigenvalue weighted by Crippen LogP contribution is 2.33. The molecule has 3 heteroatoms. The molecule has 1 fully saturated rings. The van der Waals surface area contributed by atoms with Gasteiger partial charge in [-0.05, 0) is 11.6 Å². The van der Waals surface area contributed by atoms with E-state index < -0.39 is 0 Å². The van der Waals surface area contributed by atoms with E-state index in [-0.39, 0.29) is 5.79 Å². The zero-order chi connectivity index (χ0) is 10.1. The summed E-state index contributed by atoms with van der Waals surface area (Å²) in [6.07, 6.45) is 1.78. The third-order valence-corrected chi connectivity index (χ3v) is 3.11. The molecule has 0 aliphatic carbocycles. The fourth-order valence-corrected chi connectivity index (χ4v) is 2.36. The average molecular weight is 205 g/mol. The van der Waals surface area contributed by atoms with Crippen LogP contribution in [0.4, 0.5) is 5.69 Å². The van der Waals surface area contributed by atoms with Crippen LogP contribution in [-0.4, -0.2) is 25.5 Å². The lowest BCUT2D eigenvalue weighted by Crippen LogP contribution is -2.33. The Labute approximate surface area is 89.4 Å². The van der Waals surface area contributed by atoms with Crippen LogP contribution in [0.5, 0.6) is 0 Å². The molecule has 1 N–H and O–H groups in total. The van der Waals surface area contributed by atoms with Crippen LogP contribution in [-0.2, 0) is 15.9 Å². The number of ether oxygens (including phenoxy) is 2. The smallest absolute Gasteiger partial charge is 0.174 e. The van der Waals surface area contributed by atoms with Crippen LogP contribution in [0.3, 0.4) is 0 Å². The lowest BCUT2D eigenvalue weighted by Gasteiger charge is -2.25. The molecule has 3 rings (SSSR count). The number of hydrogen-bond donors (Lipinski definition) is 1. The maximum atomic E-state index is 5.76. The summed E-state index contributed by atoms with van der Waals surface area (Å²) in [6, 6.07) is 8.37. The van der Waals surface area contributed by atoms with Crippen molar-refractivity contribution in [2.24, 2.45) is 0 Å². The van der Waals surface area contributed by atoms with Crippen LogP contribution < -0.4 is 5.32 Å². The third-order valence-electron chi connectivity index (χ3n) is 3.11. The Morgan fingerprint density at radius 2 is 1.93 bits per heavy atom. The Bertz CT molecular complexity index is 358. The molecule has 0 saturated carbocycles. The summed E-state index contributed by atoms with van der Waals surface area (Å²) >= 11 is 0. The van der Waals surface area contributed by atoms with Gasteiger partial charge in [0.15, 0.2) is 5.79 Å². The highest BCUT2D eigenvalue weighted by atomic mass is 16.7. The van der Waals surface area contributed by atoms with Gasteiger partial charge in [0, 0.05) is 25.1 Å². The number of rotatable bonds is 0. The van der Waals surface area contributed by atoms with Crippen molar-refractivity contribution < 1.29 is 9.47 Å². The molecule has 0 bridgehead atoms. The fraction of sp³-hybridized carbons (Fsp3) is 0.500. The number of nitrogens with one attached hydrogen (secondary N) is 1. The first-order valence-electron chi connectivity index (χ1n) is 5.48. The van der Waals surface area contributed by atoms with Gasteiger partial charge in [0.05, 0.1) is 13.2 Å². The molecule has 1 aromatic carbocycles. The Balaban J connectivity index is 1.94. The Hall–Kier alpha value is -1.06. The van der Waals surface area contributed by atoms with Gasteiger partial charge >= 0.3 is 0 Å². The minimum Gasteiger partial charge on any atom is -0.385 e. The second-order valence-corrected chi connectivity index (χ2v) is 4.12. The van der Waals surface area contributed by atoms with Crippen molar-refractivity contribution in [3.8, 4) is 0 Å². The van der Waals surface area contributed by atoms with Gasteiger partial charge in [-0.15, -0.1) is 0 Å². The van der Waals surface area contributed by atoms with Gasteiger partial charge in [0.2, 0.25) is 0 Å². The van der Waals surface area contributed by atoms with Crippen LogP contribution in [0.2, 0.25) is 0 Å². The summed E-state index contributed by atoms with van der Waals surface area (Å²) in [7, 11) is 0. The lowest BCUT2D eigenvalue weighted by atomic mass is 10.0. The second kappa shape index (κ2) is 3.51. The van der Waals surface area contributed by atoms with Gasteiger partial charge in [0.1, 0.15) is 0 Å². The monoisotopic (exact) mass is 205 g/mol. The van der Waals surface area contributed by atoms with Crippen molar-refractivity contribution in [1.82, 2.24) is 0 Å². The minimum absolute atomic E-state index is 0.362. The van der Waals surface area contributed by atoms with Crippen LogP contribution >= 0.6 is 0 Å². The SMILES string of the molecule is c1ccc2c(c1)CC1(CCN2)OCCO1. The van der Waals surface area contributed by atoms with E-state index in [0.717, 1.165) is 32.6 Å². The Kier molecular flexibility index (Phi) is 2.15. The number of para-hydroxylation sites is 1. The average Bonchev–Trinajstić information content (AvgIpc) is 2.61. The lowest BCUT2D eigenvalue weighted by molar-refractivity contribution is -0.157. The first-order valence-corrected chi connectivity index (χ1v) is 5.48. The number of anilines is 1. The fourth-order valence-electron chi connectivity index (χ4n) is 2.36. The first-order chi connectivity index (χ1) is 7.38. The maximum Gasteiger partial charge on any atom is 0.174 e. The van der Waals surface area contributed by atoms with E-state index in [9.17, 15) is 0 Å². The summed E-state index contributed by atoms with van der Waals surface area (Å²) in [4.78, 5) is 0. The third kappa shape index (κ3) is 1.62. The highest BCUT2D eigenvalue weighted by molar-refractivity contribution is 5.52. The van der Waals surface area contributed by atoms with E-state index in [0.29, 0.717) is 0 Å². The van der Waals surface area contributed by atoms with Gasteiger partial charge in [-0.2, -0.15) is 0 Å². The molecule has 0 amide bonds. The van der Waals surface area contributed by atoms with Crippen molar-refractivity contribution in [2.45, 2.75) is 18.6 Å². The summed E-state index contributed by atoms with van der Waals surface area (Å²) < 4.78 is 11.5. The van der Waals surface area contributed by atoms with E-state index in [2.05, 4.69) is 29.6 Å². The molecule has 3 nitrogen and oxygen atoms in total. The molecular formula is C12H15NO2. The molecule has 1 saturated heterocycles. The zero-order valence-electron chi connectivity index (χ0n) is 8.66. The van der Waals surface area contributed by atoms with Crippen LogP contribution in [0.15, 0.2) is 24.3 Å². The normalized spacial score (nSPS) is 23.2. The number of hydrogen-bond acceptors (Lipinski definition) is 3. The van der Waals surface area contributed by atoms with E-state index in [1.807, 2.05) is 0 Å². The largest absolute Gasteiger partial charge is 0.385 e. The molecule has 1 aromatic rings. The van der Waals surface area contributed by atoms with Gasteiger partial charge < -0.3 is 14.8 Å². The topological polar surface area (TPSA) is 30.5 Å². The van der Waals surface area contributed by atoms with E-state index in [1.54, 1.807) is 0 Å². The molecule has 2 aliphatic rings. The van der Waals surface area contributed by atoms with Gasteiger partial charge in [0.25, 0.3) is 0 Å². The van der Waals surface area contributed by atoms with Crippen molar-refractivity contribution in [1.29, 1.82) is 0 Å². The molecule has 0 unspecified atom stereocenters. The predicted molar refractivity (Wildman–Crippen MR) is 57.9 cm³/mol. The van der Waals surface area contributed by atoms with Crippen LogP contribution in [0.1, 0.15) is 12.0 Å². The number of fused-ring (bicyclic) bond motifs is 1. The van der Waals surface area contributed by atoms with E-state index in [1.165, 1.54) is 11.3 Å². The molecule has 2 aliphatic heterocycles. The molecule has 80 valence electrons. The maximum absolute atomic E-state index is 5.76. The van der Waals surface area contributed by atoms with Crippen LogP contribution in [0, 0.1) is 0 Å². The van der Waals surface area contributed by atoms with Crippen molar-refractivity contribution >= 4 is 5.69 Å². The number of benzene rings is 1. The minimum atomic E-state index is -0.362. The quantitative estimate of drug-likeness (QED) is 0.700. The highest BCUT2D eigenvalue weighted by Gasteiger charge is 2.38. The van der Waals surface area contributed by atoms with Gasteiger partial charge in [-0.25, -0.2) is 0 Å². The van der Waals surface area contributed by atoms with Crippen molar-refractivity contribution in [3.05, 3.63) is 29.8 Å². The van der Waals surface area contributed by atoms with Crippen molar-refractivity contribution in [2.75, 3.05) is 25.1 Å². The molecule has 1 spiro atoms. The summed E-state index contributed by atoms with van der Waals surface area (Å²) in [5.41, 5.74) is 2.50. The summed E-state index contributed by atoms with van der Waals surface area (Å²) in [6.45, 7) is 2.36. The van der Waals surface area contributed by atoms with E-state index >= 15 is 0 Å². The van der Waals surface area contributed by atoms with Crippen LogP contribution in [0.25, 0.3) is 0 Å². The predicted octanol–water partition coefficient (Wildman–Crippen LogP) is 1.79. The van der Waals surface area contributed by atoms with E-state index in [4.69, 9.17) is 9.47 Å². The molecule has 0 radical (unpaired) electrons. The van der Waals surface area contributed by atoms with Gasteiger partial charge in [-0.3, -0.25) is 0 Å². The second-order valence-electron chi connectivity index (χ2n) is 4.12. The molecule has 2 heterocycles. The zero-order valence-corrected chi connectivity index (χ0v) is 8.66. The van der Waals surface area contributed by atoms with Gasteiger partial charge in [-0.1, -0.05) is 18.2 Å². The summed E-state index contributed by atoms with van der Waals surface area (Å²) in [5.74, 6) is -0.362. The molecule has 15 heavy (non-hydrogen) atoms. The standard InChI is InChI=1S/C12H15NO2/c1-2-4-11-10(3-1)9-12(5-6-13-11)14-7-8-15-12/h1-4,13H,5-9H2. The molecule has 0 aromatic heterocycles.